The lowest BCUT2D eigenvalue weighted by Gasteiger charge is -2.35. The van der Waals surface area contributed by atoms with Gasteiger partial charge in [0.25, 0.3) is 0 Å². The molecule has 2 rings (SSSR count). The number of hydrogen-bond donors (Lipinski definition) is 1. The number of rotatable bonds is 6. The van der Waals surface area contributed by atoms with Gasteiger partial charge in [0.15, 0.2) is 0 Å². The molecule has 0 radical (unpaired) electrons. The molecule has 1 heterocycles. The fraction of sp³-hybridized carbons (Fsp3) is 0.647. The molecule has 112 valence electrons. The average molecular weight is 276 g/mol. The summed E-state index contributed by atoms with van der Waals surface area (Å²) in [5.41, 5.74) is 7.72. The van der Waals surface area contributed by atoms with Crippen LogP contribution in [0.2, 0.25) is 0 Å². The minimum Gasteiger partial charge on any atom is -0.381 e. The van der Waals surface area contributed by atoms with Crippen LogP contribution in [-0.2, 0) is 4.74 Å². The first-order chi connectivity index (χ1) is 9.72. The second-order valence-electron chi connectivity index (χ2n) is 5.91. The van der Waals surface area contributed by atoms with Crippen LogP contribution in [0.4, 0.5) is 0 Å². The zero-order valence-electron chi connectivity index (χ0n) is 12.8. The SMILES string of the molecule is CCC(C(N)c1ccccc1)N(C)CC1CCOCC1. The Kier molecular flexibility index (Phi) is 6.02. The second kappa shape index (κ2) is 7.77. The van der Waals surface area contributed by atoms with Crippen LogP contribution in [0.1, 0.15) is 37.8 Å². The molecule has 1 fully saturated rings. The Hall–Kier alpha value is -0.900. The normalized spacial score (nSPS) is 20.0. The third-order valence-electron chi connectivity index (χ3n) is 4.47. The van der Waals surface area contributed by atoms with Crippen LogP contribution >= 0.6 is 0 Å². The van der Waals surface area contributed by atoms with Crippen LogP contribution in [0.5, 0.6) is 0 Å². The lowest BCUT2D eigenvalue weighted by Crippen LogP contribution is -2.43. The molecule has 0 spiro atoms. The molecule has 1 aliphatic heterocycles. The maximum absolute atomic E-state index is 6.49. The summed E-state index contributed by atoms with van der Waals surface area (Å²) in [5, 5.41) is 0. The highest BCUT2D eigenvalue weighted by atomic mass is 16.5. The lowest BCUT2D eigenvalue weighted by atomic mass is 9.94. The molecule has 1 saturated heterocycles. The van der Waals surface area contributed by atoms with Crippen LogP contribution in [0.15, 0.2) is 30.3 Å². The zero-order chi connectivity index (χ0) is 14.4. The van der Waals surface area contributed by atoms with Crippen molar-refractivity contribution in [3.63, 3.8) is 0 Å². The highest BCUT2D eigenvalue weighted by Gasteiger charge is 2.24. The van der Waals surface area contributed by atoms with Crippen molar-refractivity contribution < 1.29 is 4.74 Å². The molecule has 0 bridgehead atoms. The Balaban J connectivity index is 1.95. The van der Waals surface area contributed by atoms with Gasteiger partial charge < -0.3 is 15.4 Å². The minimum absolute atomic E-state index is 0.0889. The first kappa shape index (κ1) is 15.5. The monoisotopic (exact) mass is 276 g/mol. The standard InChI is InChI=1S/C17H28N2O/c1-3-16(17(18)15-7-5-4-6-8-15)19(2)13-14-9-11-20-12-10-14/h4-8,14,16-17H,3,9-13,18H2,1-2H3. The van der Waals surface area contributed by atoms with E-state index in [0.29, 0.717) is 6.04 Å². The van der Waals surface area contributed by atoms with E-state index in [1.807, 2.05) is 6.07 Å². The summed E-state index contributed by atoms with van der Waals surface area (Å²) < 4.78 is 5.44. The predicted molar refractivity (Wildman–Crippen MR) is 83.6 cm³/mol. The van der Waals surface area contributed by atoms with E-state index in [2.05, 4.69) is 43.1 Å². The van der Waals surface area contributed by atoms with E-state index in [-0.39, 0.29) is 6.04 Å². The van der Waals surface area contributed by atoms with Gasteiger partial charge >= 0.3 is 0 Å². The number of hydrogen-bond acceptors (Lipinski definition) is 3. The summed E-state index contributed by atoms with van der Waals surface area (Å²) in [5.74, 6) is 0.755. The predicted octanol–water partition coefficient (Wildman–Crippen LogP) is 2.82. The van der Waals surface area contributed by atoms with Gasteiger partial charge in [0.05, 0.1) is 0 Å². The molecule has 0 amide bonds. The van der Waals surface area contributed by atoms with Crippen molar-refractivity contribution in [2.24, 2.45) is 11.7 Å². The largest absolute Gasteiger partial charge is 0.381 e. The Labute approximate surface area is 123 Å². The summed E-state index contributed by atoms with van der Waals surface area (Å²) in [6.07, 6.45) is 3.44. The van der Waals surface area contributed by atoms with E-state index in [4.69, 9.17) is 10.5 Å². The van der Waals surface area contributed by atoms with E-state index >= 15 is 0 Å². The molecule has 1 aliphatic rings. The summed E-state index contributed by atoms with van der Waals surface area (Å²) in [7, 11) is 2.21. The van der Waals surface area contributed by atoms with Gasteiger partial charge in [-0.25, -0.2) is 0 Å². The summed E-state index contributed by atoms with van der Waals surface area (Å²) in [4.78, 5) is 2.45. The molecule has 0 aromatic heterocycles. The third kappa shape index (κ3) is 4.05. The molecular weight excluding hydrogens is 248 g/mol. The Bertz CT molecular complexity index is 376. The van der Waals surface area contributed by atoms with Crippen LogP contribution in [-0.4, -0.2) is 37.7 Å². The first-order valence-corrected chi connectivity index (χ1v) is 7.81. The van der Waals surface area contributed by atoms with Crippen LogP contribution < -0.4 is 5.73 Å². The summed E-state index contributed by atoms with van der Waals surface area (Å²) in [6, 6.07) is 10.9. The van der Waals surface area contributed by atoms with Crippen molar-refractivity contribution in [2.45, 2.75) is 38.3 Å². The summed E-state index contributed by atoms with van der Waals surface area (Å²) in [6.45, 7) is 5.19. The molecule has 3 heteroatoms. The first-order valence-electron chi connectivity index (χ1n) is 7.81. The van der Waals surface area contributed by atoms with Gasteiger partial charge in [-0.05, 0) is 37.8 Å². The number of nitrogens with two attached hydrogens (primary N) is 1. The summed E-state index contributed by atoms with van der Waals surface area (Å²) >= 11 is 0. The van der Waals surface area contributed by atoms with Crippen LogP contribution in [0, 0.1) is 5.92 Å². The van der Waals surface area contributed by atoms with Gasteiger partial charge in [-0.3, -0.25) is 0 Å². The molecule has 0 saturated carbocycles. The number of benzene rings is 1. The van der Waals surface area contributed by atoms with Gasteiger partial charge in [0, 0.05) is 31.8 Å². The van der Waals surface area contributed by atoms with E-state index in [1.165, 1.54) is 18.4 Å². The van der Waals surface area contributed by atoms with Crippen molar-refractivity contribution in [3.05, 3.63) is 35.9 Å². The zero-order valence-corrected chi connectivity index (χ0v) is 12.8. The van der Waals surface area contributed by atoms with E-state index in [9.17, 15) is 0 Å². The molecule has 2 unspecified atom stereocenters. The molecule has 0 aliphatic carbocycles. The quantitative estimate of drug-likeness (QED) is 0.868. The smallest absolute Gasteiger partial charge is 0.0469 e. The average Bonchev–Trinajstić information content (AvgIpc) is 2.49. The van der Waals surface area contributed by atoms with Crippen molar-refractivity contribution >= 4 is 0 Å². The molecule has 3 nitrogen and oxygen atoms in total. The van der Waals surface area contributed by atoms with Crippen molar-refractivity contribution in [2.75, 3.05) is 26.8 Å². The fourth-order valence-corrected chi connectivity index (χ4v) is 3.21. The fourth-order valence-electron chi connectivity index (χ4n) is 3.21. The van der Waals surface area contributed by atoms with Gasteiger partial charge in [-0.1, -0.05) is 37.3 Å². The maximum Gasteiger partial charge on any atom is 0.0469 e. The number of ether oxygens (including phenoxy) is 1. The molecular formula is C17H28N2O. The van der Waals surface area contributed by atoms with Gasteiger partial charge in [-0.15, -0.1) is 0 Å². The van der Waals surface area contributed by atoms with Gasteiger partial charge in [0.1, 0.15) is 0 Å². The third-order valence-corrected chi connectivity index (χ3v) is 4.47. The minimum atomic E-state index is 0.0889. The number of likely N-dealkylation sites (N-methyl/N-ethyl adjacent to an activating group) is 1. The van der Waals surface area contributed by atoms with Crippen molar-refractivity contribution in [1.29, 1.82) is 0 Å². The van der Waals surface area contributed by atoms with E-state index in [1.54, 1.807) is 0 Å². The molecule has 1 aromatic rings. The maximum atomic E-state index is 6.49. The Morgan fingerprint density at radius 1 is 1.25 bits per heavy atom. The van der Waals surface area contributed by atoms with Crippen LogP contribution in [0.25, 0.3) is 0 Å². The van der Waals surface area contributed by atoms with Crippen molar-refractivity contribution in [3.8, 4) is 0 Å². The number of nitrogens with zero attached hydrogens (tertiary/aromatic N) is 1. The Morgan fingerprint density at radius 3 is 2.50 bits per heavy atom. The molecule has 1 aromatic carbocycles. The molecule has 20 heavy (non-hydrogen) atoms. The molecule has 2 atom stereocenters. The van der Waals surface area contributed by atoms with Gasteiger partial charge in [0.2, 0.25) is 0 Å². The lowest BCUT2D eigenvalue weighted by molar-refractivity contribution is 0.0479. The van der Waals surface area contributed by atoms with Gasteiger partial charge in [-0.2, -0.15) is 0 Å². The van der Waals surface area contributed by atoms with Crippen molar-refractivity contribution in [1.82, 2.24) is 4.90 Å². The second-order valence-corrected chi connectivity index (χ2v) is 5.91. The molecule has 2 N–H and O–H groups in total. The topological polar surface area (TPSA) is 38.5 Å². The highest BCUT2D eigenvalue weighted by molar-refractivity contribution is 5.20. The van der Waals surface area contributed by atoms with E-state index < -0.39 is 0 Å². The van der Waals surface area contributed by atoms with Crippen LogP contribution in [0.3, 0.4) is 0 Å². The van der Waals surface area contributed by atoms with E-state index in [0.717, 1.165) is 32.1 Å². The highest BCUT2D eigenvalue weighted by Crippen LogP contribution is 2.23. The Morgan fingerprint density at radius 2 is 1.90 bits per heavy atom.